The zero-order valence-corrected chi connectivity index (χ0v) is 20.0. The highest BCUT2D eigenvalue weighted by atomic mass is 16.5. The molecular weight excluding hydrogens is 422 g/mol. The predicted molar refractivity (Wildman–Crippen MR) is 126 cm³/mol. The van der Waals surface area contributed by atoms with Gasteiger partial charge in [-0.1, -0.05) is 31.2 Å². The summed E-state index contributed by atoms with van der Waals surface area (Å²) >= 11 is 0. The molecule has 8 nitrogen and oxygen atoms in total. The number of para-hydroxylation sites is 1. The molecule has 0 saturated carbocycles. The van der Waals surface area contributed by atoms with E-state index in [2.05, 4.69) is 5.32 Å². The number of hydrogen-bond donors (Lipinski definition) is 2. The van der Waals surface area contributed by atoms with Crippen molar-refractivity contribution in [2.45, 2.75) is 70.5 Å². The van der Waals surface area contributed by atoms with Crippen LogP contribution in [0.15, 0.2) is 36.4 Å². The molecule has 33 heavy (non-hydrogen) atoms. The molecule has 3 amide bonds. The van der Waals surface area contributed by atoms with E-state index in [9.17, 15) is 19.5 Å². The van der Waals surface area contributed by atoms with Gasteiger partial charge < -0.3 is 20.1 Å². The molecule has 0 bridgehead atoms. The molecule has 1 aromatic rings. The summed E-state index contributed by atoms with van der Waals surface area (Å²) in [5.41, 5.74) is 0.0863. The Morgan fingerprint density at radius 1 is 1.24 bits per heavy atom. The molecule has 1 saturated heterocycles. The van der Waals surface area contributed by atoms with E-state index in [4.69, 9.17) is 4.74 Å². The maximum Gasteiger partial charge on any atom is 0.408 e. The Balaban J connectivity index is 1.77. The van der Waals surface area contributed by atoms with Crippen molar-refractivity contribution in [1.29, 1.82) is 0 Å². The second kappa shape index (κ2) is 9.95. The van der Waals surface area contributed by atoms with Gasteiger partial charge in [0.05, 0.1) is 0 Å². The van der Waals surface area contributed by atoms with Gasteiger partial charge in [-0.3, -0.25) is 14.5 Å². The van der Waals surface area contributed by atoms with E-state index in [1.807, 2.05) is 31.2 Å². The molecule has 8 heteroatoms. The van der Waals surface area contributed by atoms with Gasteiger partial charge in [-0.2, -0.15) is 0 Å². The third-order valence-corrected chi connectivity index (χ3v) is 6.41. The quantitative estimate of drug-likeness (QED) is 0.638. The van der Waals surface area contributed by atoms with Gasteiger partial charge in [-0.15, -0.1) is 0 Å². The van der Waals surface area contributed by atoms with Crippen LogP contribution in [0.3, 0.4) is 0 Å². The maximum absolute atomic E-state index is 13.5. The van der Waals surface area contributed by atoms with Crippen LogP contribution in [0.2, 0.25) is 0 Å². The number of nitrogens with one attached hydrogen (secondary N) is 1. The van der Waals surface area contributed by atoms with Gasteiger partial charge in [-0.05, 0) is 45.2 Å². The van der Waals surface area contributed by atoms with Crippen molar-refractivity contribution in [1.82, 2.24) is 10.2 Å². The number of ether oxygens (including phenoxy) is 1. The van der Waals surface area contributed by atoms with Crippen molar-refractivity contribution >= 4 is 23.6 Å². The molecule has 1 fully saturated rings. The van der Waals surface area contributed by atoms with Gasteiger partial charge in [0.1, 0.15) is 5.54 Å². The van der Waals surface area contributed by atoms with Crippen LogP contribution in [0.25, 0.3) is 0 Å². The summed E-state index contributed by atoms with van der Waals surface area (Å²) in [6.45, 7) is 8.54. The Morgan fingerprint density at radius 3 is 2.52 bits per heavy atom. The van der Waals surface area contributed by atoms with E-state index >= 15 is 0 Å². The second-order valence-corrected chi connectivity index (χ2v) is 9.65. The average molecular weight is 458 g/mol. The lowest BCUT2D eigenvalue weighted by atomic mass is 9.83. The summed E-state index contributed by atoms with van der Waals surface area (Å²) in [6.07, 6.45) is 4.04. The van der Waals surface area contributed by atoms with Gasteiger partial charge in [-0.25, -0.2) is 4.79 Å². The lowest BCUT2D eigenvalue weighted by molar-refractivity contribution is -0.144. The van der Waals surface area contributed by atoms with Crippen molar-refractivity contribution in [3.63, 3.8) is 0 Å². The van der Waals surface area contributed by atoms with Crippen LogP contribution in [-0.2, 0) is 20.7 Å². The molecule has 180 valence electrons. The standard InChI is InChI=1S/C25H35N3O5/c1-5-19(10-11-21(29)27-15-12-18-8-6-7-9-20(18)27)26-22(30)25(13-16-33-17-14-25)28(23(31)32)24(2,3)4/h6-11,19H,5,12-17H2,1-4H3,(H,26,30)(H,31,32)/b11-10+/t19-/m0/s1. The summed E-state index contributed by atoms with van der Waals surface area (Å²) in [6, 6.07) is 7.46. The number of fused-ring (bicyclic) bond motifs is 1. The molecule has 2 aliphatic heterocycles. The first-order chi connectivity index (χ1) is 15.6. The first-order valence-corrected chi connectivity index (χ1v) is 11.6. The third kappa shape index (κ3) is 5.21. The number of hydrogen-bond acceptors (Lipinski definition) is 4. The van der Waals surface area contributed by atoms with Gasteiger partial charge in [0.2, 0.25) is 5.91 Å². The summed E-state index contributed by atoms with van der Waals surface area (Å²) in [4.78, 5) is 41.6. The molecule has 1 atom stereocenters. The van der Waals surface area contributed by atoms with E-state index in [1.165, 1.54) is 11.0 Å². The zero-order valence-electron chi connectivity index (χ0n) is 20.0. The summed E-state index contributed by atoms with van der Waals surface area (Å²) in [7, 11) is 0. The number of carbonyl (C=O) groups is 3. The smallest absolute Gasteiger partial charge is 0.408 e. The van der Waals surface area contributed by atoms with Crippen molar-refractivity contribution in [3.05, 3.63) is 42.0 Å². The van der Waals surface area contributed by atoms with E-state index in [0.29, 0.717) is 26.2 Å². The van der Waals surface area contributed by atoms with Crippen LogP contribution >= 0.6 is 0 Å². The summed E-state index contributed by atoms with van der Waals surface area (Å²) in [5.74, 6) is -0.478. The van der Waals surface area contributed by atoms with Crippen molar-refractivity contribution < 1.29 is 24.2 Å². The fraction of sp³-hybridized carbons (Fsp3) is 0.560. The van der Waals surface area contributed by atoms with Crippen molar-refractivity contribution in [3.8, 4) is 0 Å². The lowest BCUT2D eigenvalue weighted by Crippen LogP contribution is -2.68. The first-order valence-electron chi connectivity index (χ1n) is 11.6. The topological polar surface area (TPSA) is 99.2 Å². The number of benzene rings is 1. The highest BCUT2D eigenvalue weighted by Gasteiger charge is 2.52. The maximum atomic E-state index is 13.5. The van der Waals surface area contributed by atoms with Crippen LogP contribution in [0.5, 0.6) is 0 Å². The summed E-state index contributed by atoms with van der Waals surface area (Å²) < 4.78 is 5.45. The van der Waals surface area contributed by atoms with Crippen molar-refractivity contribution in [2.75, 3.05) is 24.7 Å². The fourth-order valence-electron chi connectivity index (χ4n) is 4.82. The first kappa shape index (κ1) is 24.8. The Morgan fingerprint density at radius 2 is 1.91 bits per heavy atom. The van der Waals surface area contributed by atoms with E-state index < -0.39 is 23.2 Å². The SMILES string of the molecule is CC[C@@H](/C=C/C(=O)N1CCc2ccccc21)NC(=O)C1(N(C(=O)O)C(C)(C)C)CCOCC1. The number of carbonyl (C=O) groups excluding carboxylic acids is 2. The summed E-state index contributed by atoms with van der Waals surface area (Å²) in [5, 5.41) is 13.0. The normalized spacial score (nSPS) is 18.6. The van der Waals surface area contributed by atoms with E-state index in [1.54, 1.807) is 31.7 Å². The number of amides is 3. The Kier molecular flexibility index (Phi) is 7.47. The largest absolute Gasteiger partial charge is 0.465 e. The van der Waals surface area contributed by atoms with Crippen molar-refractivity contribution in [2.24, 2.45) is 0 Å². The lowest BCUT2D eigenvalue weighted by Gasteiger charge is -2.49. The highest BCUT2D eigenvalue weighted by Crippen LogP contribution is 2.35. The van der Waals surface area contributed by atoms with Gasteiger partial charge in [0.15, 0.2) is 0 Å². The Hall–Kier alpha value is -2.87. The fourth-order valence-corrected chi connectivity index (χ4v) is 4.82. The third-order valence-electron chi connectivity index (χ3n) is 6.41. The molecule has 0 aromatic heterocycles. The highest BCUT2D eigenvalue weighted by molar-refractivity contribution is 6.03. The molecule has 2 N–H and O–H groups in total. The van der Waals surface area contributed by atoms with Crippen LogP contribution < -0.4 is 10.2 Å². The monoisotopic (exact) mass is 457 g/mol. The number of nitrogens with zero attached hydrogens (tertiary/aromatic N) is 2. The minimum absolute atomic E-state index is 0.129. The second-order valence-electron chi connectivity index (χ2n) is 9.65. The average Bonchev–Trinajstić information content (AvgIpc) is 3.20. The Bertz CT molecular complexity index is 915. The molecule has 0 spiro atoms. The molecule has 2 aliphatic rings. The molecule has 3 rings (SSSR count). The number of rotatable bonds is 6. The molecule has 0 unspecified atom stereocenters. The van der Waals surface area contributed by atoms with Gasteiger partial charge in [0, 0.05) is 55.9 Å². The molecular formula is C25H35N3O5. The van der Waals surface area contributed by atoms with Crippen LogP contribution in [0, 0.1) is 0 Å². The van der Waals surface area contributed by atoms with Crippen LogP contribution in [0.1, 0.15) is 52.5 Å². The van der Waals surface area contributed by atoms with E-state index in [-0.39, 0.29) is 24.7 Å². The zero-order chi connectivity index (χ0) is 24.2. The van der Waals surface area contributed by atoms with Gasteiger partial charge in [0.25, 0.3) is 5.91 Å². The van der Waals surface area contributed by atoms with Crippen LogP contribution in [0.4, 0.5) is 10.5 Å². The molecule has 0 aliphatic carbocycles. The Labute approximate surface area is 195 Å². The number of anilines is 1. The van der Waals surface area contributed by atoms with Crippen LogP contribution in [-0.4, -0.2) is 64.8 Å². The molecule has 0 radical (unpaired) electrons. The van der Waals surface area contributed by atoms with Gasteiger partial charge >= 0.3 is 6.09 Å². The minimum atomic E-state index is -1.22. The minimum Gasteiger partial charge on any atom is -0.465 e. The molecule has 1 aromatic carbocycles. The molecule has 2 heterocycles. The predicted octanol–water partition coefficient (Wildman–Crippen LogP) is 3.35. The number of carboxylic acid groups (broad SMARTS) is 1. The van der Waals surface area contributed by atoms with E-state index in [0.717, 1.165) is 17.7 Å².